The van der Waals surface area contributed by atoms with Gasteiger partial charge in [0.2, 0.25) is 0 Å². The Bertz CT molecular complexity index is 164. The van der Waals surface area contributed by atoms with Gasteiger partial charge >= 0.3 is 7.60 Å². The summed E-state index contributed by atoms with van der Waals surface area (Å²) in [7, 11) is -1.69. The summed E-state index contributed by atoms with van der Waals surface area (Å²) in [4.78, 5) is 0. The lowest BCUT2D eigenvalue weighted by Gasteiger charge is -2.09. The highest BCUT2D eigenvalue weighted by atomic mass is 31.2. The fourth-order valence-electron chi connectivity index (χ4n) is 0.337. The van der Waals surface area contributed by atoms with E-state index in [1.54, 1.807) is 0 Å². The zero-order valence-corrected chi connectivity index (χ0v) is 6.84. The molecule has 0 saturated heterocycles. The maximum absolute atomic E-state index is 11.1. The van der Waals surface area contributed by atoms with Crippen LogP contribution in [-0.2, 0) is 13.6 Å². The fraction of sp³-hybridized carbons (Fsp3) is 0.333. The first-order valence-corrected chi connectivity index (χ1v) is 4.34. The van der Waals surface area contributed by atoms with Crippen LogP contribution in [0.25, 0.3) is 0 Å². The van der Waals surface area contributed by atoms with Crippen molar-refractivity contribution in [3.8, 4) is 0 Å². The van der Waals surface area contributed by atoms with Crippen molar-refractivity contribution in [1.29, 1.82) is 0 Å². The van der Waals surface area contributed by atoms with Crippen LogP contribution in [0.1, 0.15) is 0 Å². The molecule has 0 aliphatic rings. The fourth-order valence-corrected chi connectivity index (χ4v) is 1.01. The minimum atomic E-state index is -3.01. The molecular formula is C6H11O3P. The zero-order valence-electron chi connectivity index (χ0n) is 5.95. The molecule has 0 aliphatic carbocycles. The number of hydrogen-bond donors (Lipinski definition) is 0. The average Bonchev–Trinajstić information content (AvgIpc) is 2.00. The standard InChI is InChI=1S/C6H11O3P/c1-4-6-9-10(7,5-2)8-3/h4-5H,1-2,6H2,3H3. The van der Waals surface area contributed by atoms with Crippen molar-refractivity contribution >= 4 is 7.60 Å². The molecule has 0 spiro atoms. The van der Waals surface area contributed by atoms with E-state index in [2.05, 4.69) is 17.7 Å². The summed E-state index contributed by atoms with van der Waals surface area (Å²) < 4.78 is 20.4. The predicted molar refractivity (Wildman–Crippen MR) is 41.0 cm³/mol. The molecule has 0 bridgehead atoms. The van der Waals surface area contributed by atoms with Crippen LogP contribution >= 0.6 is 7.60 Å². The van der Waals surface area contributed by atoms with Crippen LogP contribution in [0.5, 0.6) is 0 Å². The van der Waals surface area contributed by atoms with Gasteiger partial charge in [0.05, 0.1) is 6.61 Å². The van der Waals surface area contributed by atoms with Crippen molar-refractivity contribution in [2.24, 2.45) is 0 Å². The van der Waals surface area contributed by atoms with Crippen LogP contribution in [0.4, 0.5) is 0 Å². The first kappa shape index (κ1) is 9.63. The summed E-state index contributed by atoms with van der Waals surface area (Å²) in [5.74, 6) is 1.16. The Kier molecular flexibility index (Phi) is 4.28. The van der Waals surface area contributed by atoms with Crippen LogP contribution in [0.3, 0.4) is 0 Å². The van der Waals surface area contributed by atoms with Gasteiger partial charge in [-0.05, 0) is 0 Å². The first-order valence-electron chi connectivity index (χ1n) is 2.73. The molecule has 0 fully saturated rings. The van der Waals surface area contributed by atoms with Gasteiger partial charge in [0.1, 0.15) is 0 Å². The number of hydrogen-bond acceptors (Lipinski definition) is 3. The van der Waals surface area contributed by atoms with Crippen LogP contribution in [0.15, 0.2) is 25.1 Å². The summed E-state index contributed by atoms with van der Waals surface area (Å²) in [6, 6.07) is 0. The third-order valence-electron chi connectivity index (χ3n) is 0.850. The van der Waals surface area contributed by atoms with Crippen LogP contribution < -0.4 is 0 Å². The zero-order chi connectivity index (χ0) is 8.04. The SMILES string of the molecule is C=CCOP(=O)(C=C)OC. The van der Waals surface area contributed by atoms with E-state index in [4.69, 9.17) is 4.52 Å². The lowest BCUT2D eigenvalue weighted by molar-refractivity contribution is 0.264. The Balaban J connectivity index is 3.93. The van der Waals surface area contributed by atoms with E-state index in [-0.39, 0.29) is 6.61 Å². The predicted octanol–water partition coefficient (Wildman–Crippen LogP) is 2.17. The second-order valence-corrected chi connectivity index (χ2v) is 3.56. The van der Waals surface area contributed by atoms with Crippen molar-refractivity contribution in [3.63, 3.8) is 0 Å². The van der Waals surface area contributed by atoms with Gasteiger partial charge in [-0.3, -0.25) is 4.57 Å². The minimum Gasteiger partial charge on any atom is -0.309 e. The molecule has 1 unspecified atom stereocenters. The monoisotopic (exact) mass is 162 g/mol. The topological polar surface area (TPSA) is 35.5 Å². The van der Waals surface area contributed by atoms with E-state index in [0.29, 0.717) is 0 Å². The summed E-state index contributed by atoms with van der Waals surface area (Å²) >= 11 is 0. The Labute approximate surface area is 60.9 Å². The molecule has 0 aromatic rings. The van der Waals surface area contributed by atoms with Gasteiger partial charge in [-0.2, -0.15) is 0 Å². The Morgan fingerprint density at radius 1 is 1.60 bits per heavy atom. The Morgan fingerprint density at radius 2 is 2.20 bits per heavy atom. The molecule has 10 heavy (non-hydrogen) atoms. The minimum absolute atomic E-state index is 0.205. The second-order valence-electron chi connectivity index (χ2n) is 1.49. The maximum Gasteiger partial charge on any atom is 0.353 e. The quantitative estimate of drug-likeness (QED) is 0.459. The summed E-state index contributed by atoms with van der Waals surface area (Å²) in [6.45, 7) is 6.91. The summed E-state index contributed by atoms with van der Waals surface area (Å²) in [5, 5.41) is 0. The smallest absolute Gasteiger partial charge is 0.309 e. The van der Waals surface area contributed by atoms with E-state index < -0.39 is 7.60 Å². The van der Waals surface area contributed by atoms with E-state index in [1.165, 1.54) is 13.2 Å². The first-order chi connectivity index (χ1) is 4.68. The molecule has 0 aromatic carbocycles. The van der Waals surface area contributed by atoms with Gasteiger partial charge < -0.3 is 9.05 Å². The lowest BCUT2D eigenvalue weighted by atomic mass is 10.7. The molecule has 3 nitrogen and oxygen atoms in total. The molecule has 0 rings (SSSR count). The summed E-state index contributed by atoms with van der Waals surface area (Å²) in [6.07, 6.45) is 1.50. The highest BCUT2D eigenvalue weighted by molar-refractivity contribution is 7.57. The third kappa shape index (κ3) is 2.97. The Hall–Kier alpha value is -0.370. The van der Waals surface area contributed by atoms with Gasteiger partial charge in [-0.25, -0.2) is 0 Å². The van der Waals surface area contributed by atoms with Crippen LogP contribution in [0.2, 0.25) is 0 Å². The molecule has 4 heteroatoms. The number of rotatable bonds is 5. The van der Waals surface area contributed by atoms with E-state index in [9.17, 15) is 4.57 Å². The molecule has 0 radical (unpaired) electrons. The lowest BCUT2D eigenvalue weighted by Crippen LogP contribution is -1.88. The molecule has 0 N–H and O–H groups in total. The van der Waals surface area contributed by atoms with Gasteiger partial charge in [0, 0.05) is 12.9 Å². The van der Waals surface area contributed by atoms with Gasteiger partial charge in [0.15, 0.2) is 0 Å². The van der Waals surface area contributed by atoms with Crippen LogP contribution in [0, 0.1) is 0 Å². The van der Waals surface area contributed by atoms with Crippen LogP contribution in [-0.4, -0.2) is 13.7 Å². The highest BCUT2D eigenvalue weighted by Gasteiger charge is 2.15. The molecule has 0 heterocycles. The van der Waals surface area contributed by atoms with Gasteiger partial charge in [0.25, 0.3) is 0 Å². The molecule has 0 saturated carbocycles. The van der Waals surface area contributed by atoms with E-state index in [1.807, 2.05) is 0 Å². The average molecular weight is 162 g/mol. The molecule has 0 aromatic heterocycles. The molecule has 0 amide bonds. The maximum atomic E-state index is 11.1. The second kappa shape index (κ2) is 4.45. The van der Waals surface area contributed by atoms with E-state index >= 15 is 0 Å². The van der Waals surface area contributed by atoms with Gasteiger partial charge in [-0.15, -0.1) is 6.58 Å². The summed E-state index contributed by atoms with van der Waals surface area (Å²) in [5.41, 5.74) is 0. The van der Waals surface area contributed by atoms with Gasteiger partial charge in [-0.1, -0.05) is 12.7 Å². The third-order valence-corrected chi connectivity index (χ3v) is 2.32. The molecule has 0 aliphatic heterocycles. The normalized spacial score (nSPS) is 15.7. The molecule has 58 valence electrons. The largest absolute Gasteiger partial charge is 0.353 e. The van der Waals surface area contributed by atoms with Crippen molar-refractivity contribution in [2.75, 3.05) is 13.7 Å². The van der Waals surface area contributed by atoms with E-state index in [0.717, 1.165) is 5.82 Å². The highest BCUT2D eigenvalue weighted by Crippen LogP contribution is 2.47. The van der Waals surface area contributed by atoms with Crippen molar-refractivity contribution in [3.05, 3.63) is 25.1 Å². The van der Waals surface area contributed by atoms with Crippen molar-refractivity contribution in [1.82, 2.24) is 0 Å². The van der Waals surface area contributed by atoms with Crippen molar-refractivity contribution < 1.29 is 13.6 Å². The van der Waals surface area contributed by atoms with Crippen molar-refractivity contribution in [2.45, 2.75) is 0 Å². The molecule has 1 atom stereocenters. The molecular weight excluding hydrogens is 151 g/mol. The Morgan fingerprint density at radius 3 is 2.50 bits per heavy atom.